The Balaban J connectivity index is 1.82. The van der Waals surface area contributed by atoms with Crippen molar-refractivity contribution in [1.29, 1.82) is 0 Å². The fourth-order valence-electron chi connectivity index (χ4n) is 2.60. The van der Waals surface area contributed by atoms with Crippen LogP contribution < -0.4 is 10.6 Å². The van der Waals surface area contributed by atoms with Crippen molar-refractivity contribution in [3.8, 4) is 0 Å². The SMILES string of the molecule is CC(C)(CN1CCCC1)NC(=O)C1C=CCN1. The van der Waals surface area contributed by atoms with Gasteiger partial charge in [0.05, 0.1) is 0 Å². The lowest BCUT2D eigenvalue weighted by molar-refractivity contribution is -0.123. The van der Waals surface area contributed by atoms with E-state index in [1.807, 2.05) is 12.2 Å². The Morgan fingerprint density at radius 3 is 2.76 bits per heavy atom. The second-order valence-electron chi connectivity index (χ2n) is 5.67. The normalized spacial score (nSPS) is 25.4. The van der Waals surface area contributed by atoms with Crippen LogP contribution in [-0.4, -0.2) is 48.6 Å². The Hall–Kier alpha value is -0.870. The van der Waals surface area contributed by atoms with Gasteiger partial charge in [-0.15, -0.1) is 0 Å². The van der Waals surface area contributed by atoms with E-state index in [1.165, 1.54) is 25.9 Å². The topological polar surface area (TPSA) is 44.4 Å². The van der Waals surface area contributed by atoms with Gasteiger partial charge in [0.1, 0.15) is 6.04 Å². The maximum Gasteiger partial charge on any atom is 0.241 e. The molecule has 96 valence electrons. The predicted octanol–water partition coefficient (Wildman–Crippen LogP) is 0.505. The molecule has 2 N–H and O–H groups in total. The lowest BCUT2D eigenvalue weighted by Crippen LogP contribution is -2.55. The van der Waals surface area contributed by atoms with E-state index in [9.17, 15) is 4.79 Å². The minimum atomic E-state index is -0.153. The molecule has 0 bridgehead atoms. The lowest BCUT2D eigenvalue weighted by atomic mass is 10.0. The quantitative estimate of drug-likeness (QED) is 0.700. The van der Waals surface area contributed by atoms with Gasteiger partial charge in [0, 0.05) is 18.6 Å². The van der Waals surface area contributed by atoms with Crippen molar-refractivity contribution in [3.63, 3.8) is 0 Å². The van der Waals surface area contributed by atoms with Crippen molar-refractivity contribution >= 4 is 5.91 Å². The summed E-state index contributed by atoms with van der Waals surface area (Å²) in [5.74, 6) is 0.0861. The van der Waals surface area contributed by atoms with Gasteiger partial charge < -0.3 is 10.2 Å². The van der Waals surface area contributed by atoms with E-state index in [0.717, 1.165) is 13.1 Å². The highest BCUT2D eigenvalue weighted by molar-refractivity contribution is 5.84. The number of rotatable bonds is 4. The third kappa shape index (κ3) is 3.54. The average molecular weight is 237 g/mol. The molecule has 2 aliphatic heterocycles. The van der Waals surface area contributed by atoms with Gasteiger partial charge in [0.25, 0.3) is 0 Å². The third-order valence-corrected chi connectivity index (χ3v) is 3.35. The van der Waals surface area contributed by atoms with E-state index in [4.69, 9.17) is 0 Å². The van der Waals surface area contributed by atoms with Crippen LogP contribution in [0.3, 0.4) is 0 Å². The van der Waals surface area contributed by atoms with E-state index >= 15 is 0 Å². The molecule has 17 heavy (non-hydrogen) atoms. The number of carbonyl (C=O) groups is 1. The van der Waals surface area contributed by atoms with E-state index in [1.54, 1.807) is 0 Å². The molecular weight excluding hydrogens is 214 g/mol. The summed E-state index contributed by atoms with van der Waals surface area (Å²) >= 11 is 0. The average Bonchev–Trinajstić information content (AvgIpc) is 2.85. The number of carbonyl (C=O) groups excluding carboxylic acids is 1. The maximum atomic E-state index is 12.0. The Morgan fingerprint density at radius 2 is 2.18 bits per heavy atom. The van der Waals surface area contributed by atoms with Gasteiger partial charge in [0.15, 0.2) is 0 Å². The summed E-state index contributed by atoms with van der Waals surface area (Å²) in [6.07, 6.45) is 6.51. The highest BCUT2D eigenvalue weighted by atomic mass is 16.2. The van der Waals surface area contributed by atoms with Crippen LogP contribution in [0.4, 0.5) is 0 Å². The zero-order valence-corrected chi connectivity index (χ0v) is 10.8. The molecular formula is C13H23N3O. The van der Waals surface area contributed by atoms with E-state index in [2.05, 4.69) is 29.4 Å². The van der Waals surface area contributed by atoms with Crippen molar-refractivity contribution in [3.05, 3.63) is 12.2 Å². The fourth-order valence-corrected chi connectivity index (χ4v) is 2.60. The van der Waals surface area contributed by atoms with Crippen LogP contribution in [0.2, 0.25) is 0 Å². The highest BCUT2D eigenvalue weighted by Gasteiger charge is 2.28. The molecule has 1 saturated heterocycles. The molecule has 0 radical (unpaired) electrons. The van der Waals surface area contributed by atoms with Crippen molar-refractivity contribution in [2.45, 2.75) is 38.3 Å². The van der Waals surface area contributed by atoms with Crippen LogP contribution in [0.1, 0.15) is 26.7 Å². The molecule has 4 heteroatoms. The number of nitrogens with zero attached hydrogens (tertiary/aromatic N) is 1. The maximum absolute atomic E-state index is 12.0. The lowest BCUT2D eigenvalue weighted by Gasteiger charge is -2.32. The smallest absolute Gasteiger partial charge is 0.241 e. The van der Waals surface area contributed by atoms with E-state index < -0.39 is 0 Å². The standard InChI is InChI=1S/C13H23N3O/c1-13(2,10-16-8-3-4-9-16)15-12(17)11-6-5-7-14-11/h5-6,11,14H,3-4,7-10H2,1-2H3,(H,15,17). The van der Waals surface area contributed by atoms with Gasteiger partial charge in [-0.25, -0.2) is 0 Å². The van der Waals surface area contributed by atoms with Gasteiger partial charge >= 0.3 is 0 Å². The van der Waals surface area contributed by atoms with Crippen LogP contribution in [0.5, 0.6) is 0 Å². The van der Waals surface area contributed by atoms with Gasteiger partial charge in [0.2, 0.25) is 5.91 Å². The first-order chi connectivity index (χ1) is 8.07. The van der Waals surface area contributed by atoms with E-state index in [0.29, 0.717) is 0 Å². The Bertz CT molecular complexity index is 306. The molecule has 1 atom stereocenters. The third-order valence-electron chi connectivity index (χ3n) is 3.35. The molecule has 2 heterocycles. The van der Waals surface area contributed by atoms with Gasteiger partial charge in [-0.2, -0.15) is 0 Å². The van der Waals surface area contributed by atoms with E-state index in [-0.39, 0.29) is 17.5 Å². The number of hydrogen-bond acceptors (Lipinski definition) is 3. The number of hydrogen-bond donors (Lipinski definition) is 2. The van der Waals surface area contributed by atoms with Gasteiger partial charge in [-0.1, -0.05) is 12.2 Å². The van der Waals surface area contributed by atoms with Crippen LogP contribution in [0.25, 0.3) is 0 Å². The molecule has 0 aromatic carbocycles. The van der Waals surface area contributed by atoms with Crippen molar-refractivity contribution < 1.29 is 4.79 Å². The summed E-state index contributed by atoms with van der Waals surface area (Å²) in [7, 11) is 0. The highest BCUT2D eigenvalue weighted by Crippen LogP contribution is 2.13. The largest absolute Gasteiger partial charge is 0.348 e. The molecule has 4 nitrogen and oxygen atoms in total. The van der Waals surface area contributed by atoms with Crippen molar-refractivity contribution in [2.75, 3.05) is 26.2 Å². The van der Waals surface area contributed by atoms with Crippen LogP contribution in [0.15, 0.2) is 12.2 Å². The molecule has 1 unspecified atom stereocenters. The Labute approximate surface area is 103 Å². The number of likely N-dealkylation sites (tertiary alicyclic amines) is 1. The molecule has 2 rings (SSSR count). The molecule has 0 saturated carbocycles. The molecule has 2 aliphatic rings. The zero-order chi connectivity index (χ0) is 12.3. The first-order valence-corrected chi connectivity index (χ1v) is 6.51. The van der Waals surface area contributed by atoms with Gasteiger partial charge in [-0.3, -0.25) is 10.1 Å². The molecule has 0 aromatic rings. The number of amides is 1. The molecule has 0 aromatic heterocycles. The summed E-state index contributed by atoms with van der Waals surface area (Å²) in [4.78, 5) is 14.4. The molecule has 1 amide bonds. The monoisotopic (exact) mass is 237 g/mol. The predicted molar refractivity (Wildman–Crippen MR) is 68.8 cm³/mol. The Kier molecular flexibility index (Phi) is 3.84. The zero-order valence-electron chi connectivity index (χ0n) is 10.8. The molecule has 1 fully saturated rings. The summed E-state index contributed by atoms with van der Waals surface area (Å²) in [5, 5.41) is 6.27. The summed E-state index contributed by atoms with van der Waals surface area (Å²) in [6, 6.07) is -0.146. The van der Waals surface area contributed by atoms with Crippen molar-refractivity contribution in [1.82, 2.24) is 15.5 Å². The fraction of sp³-hybridized carbons (Fsp3) is 0.769. The van der Waals surface area contributed by atoms with Crippen LogP contribution in [0, 0.1) is 0 Å². The Morgan fingerprint density at radius 1 is 1.47 bits per heavy atom. The van der Waals surface area contributed by atoms with Crippen LogP contribution >= 0.6 is 0 Å². The molecule has 0 aliphatic carbocycles. The van der Waals surface area contributed by atoms with Crippen LogP contribution in [-0.2, 0) is 4.79 Å². The van der Waals surface area contributed by atoms with Crippen molar-refractivity contribution in [2.24, 2.45) is 0 Å². The van der Waals surface area contributed by atoms with Gasteiger partial charge in [-0.05, 0) is 39.8 Å². The molecule has 0 spiro atoms. The summed E-state index contributed by atoms with van der Waals surface area (Å²) in [5.41, 5.74) is -0.153. The summed E-state index contributed by atoms with van der Waals surface area (Å²) in [6.45, 7) is 8.27. The first kappa shape index (κ1) is 12.6. The summed E-state index contributed by atoms with van der Waals surface area (Å²) < 4.78 is 0. The minimum absolute atomic E-state index is 0.0861. The number of nitrogens with one attached hydrogen (secondary N) is 2. The second-order valence-corrected chi connectivity index (χ2v) is 5.67. The minimum Gasteiger partial charge on any atom is -0.348 e. The second kappa shape index (κ2) is 5.19. The first-order valence-electron chi connectivity index (χ1n) is 6.51.